The van der Waals surface area contributed by atoms with Crippen LogP contribution in [-0.2, 0) is 9.59 Å². The quantitative estimate of drug-likeness (QED) is 0.669. The summed E-state index contributed by atoms with van der Waals surface area (Å²) in [6.45, 7) is 1.70. The number of anilines is 1. The fourth-order valence-corrected chi connectivity index (χ4v) is 3.57. The van der Waals surface area contributed by atoms with E-state index in [0.717, 1.165) is 25.7 Å². The summed E-state index contributed by atoms with van der Waals surface area (Å²) in [5, 5.41) is 18.7. The Morgan fingerprint density at radius 1 is 1.24 bits per heavy atom. The largest absolute Gasteiger partial charge is 0.481 e. The zero-order valence-corrected chi connectivity index (χ0v) is 14.5. The number of halogens is 1. The molecule has 6 heteroatoms. The van der Waals surface area contributed by atoms with E-state index < -0.39 is 12.1 Å². The predicted octanol–water partition coefficient (Wildman–Crippen LogP) is 3.35. The summed E-state index contributed by atoms with van der Waals surface area (Å²) in [6, 6.07) is 5.75. The van der Waals surface area contributed by atoms with Crippen molar-refractivity contribution >= 4 is 17.6 Å². The van der Waals surface area contributed by atoms with Gasteiger partial charge in [0.25, 0.3) is 0 Å². The van der Waals surface area contributed by atoms with Crippen molar-refractivity contribution in [1.82, 2.24) is 0 Å². The molecule has 1 fully saturated rings. The topological polar surface area (TPSA) is 77.8 Å². The van der Waals surface area contributed by atoms with Crippen LogP contribution in [0, 0.1) is 11.7 Å². The Labute approximate surface area is 147 Å². The van der Waals surface area contributed by atoms with Crippen molar-refractivity contribution in [3.05, 3.63) is 30.1 Å². The zero-order chi connectivity index (χ0) is 18.4. The van der Waals surface area contributed by atoms with Gasteiger partial charge in [0.15, 0.2) is 0 Å². The Kier molecular flexibility index (Phi) is 6.93. The predicted molar refractivity (Wildman–Crippen MR) is 92.8 cm³/mol. The van der Waals surface area contributed by atoms with Crippen molar-refractivity contribution in [1.29, 1.82) is 0 Å². The number of aliphatic carboxylic acids is 1. The number of rotatable bonds is 9. The Hall–Kier alpha value is -1.95. The van der Waals surface area contributed by atoms with Crippen LogP contribution in [0.2, 0.25) is 0 Å². The van der Waals surface area contributed by atoms with E-state index in [1.165, 1.54) is 12.1 Å². The fraction of sp³-hybridized carbons (Fsp3) is 0.579. The van der Waals surface area contributed by atoms with Crippen LogP contribution in [0.4, 0.5) is 10.1 Å². The maximum absolute atomic E-state index is 13.2. The number of carboxylic acids is 1. The third-order valence-electron chi connectivity index (χ3n) is 4.87. The highest BCUT2D eigenvalue weighted by Crippen LogP contribution is 2.35. The van der Waals surface area contributed by atoms with Crippen LogP contribution in [0.1, 0.15) is 51.9 Å². The molecule has 1 heterocycles. The maximum Gasteiger partial charge on any atom is 0.303 e. The highest BCUT2D eigenvalue weighted by Gasteiger charge is 2.42. The first kappa shape index (κ1) is 19.4. The van der Waals surface area contributed by atoms with E-state index in [-0.39, 0.29) is 30.1 Å². The second-order valence-corrected chi connectivity index (χ2v) is 6.76. The van der Waals surface area contributed by atoms with Crippen molar-refractivity contribution in [3.8, 4) is 0 Å². The standard InChI is InChI=1S/C19H26FNO4/c1-13(22)16-12-18(23)21(15-10-8-14(20)9-11-15)17(16)6-4-2-3-5-7-19(24)25/h8-11,13,16-17,22H,2-7,12H2,1H3,(H,24,25). The molecule has 0 spiro atoms. The lowest BCUT2D eigenvalue weighted by Gasteiger charge is -2.29. The molecule has 0 bridgehead atoms. The molecule has 25 heavy (non-hydrogen) atoms. The molecule has 138 valence electrons. The zero-order valence-electron chi connectivity index (χ0n) is 14.5. The van der Waals surface area contributed by atoms with Gasteiger partial charge < -0.3 is 15.1 Å². The first-order chi connectivity index (χ1) is 11.9. The van der Waals surface area contributed by atoms with Gasteiger partial charge >= 0.3 is 5.97 Å². The third-order valence-corrected chi connectivity index (χ3v) is 4.87. The third kappa shape index (κ3) is 5.26. The molecule has 1 amide bonds. The van der Waals surface area contributed by atoms with Gasteiger partial charge in [-0.1, -0.05) is 19.3 Å². The van der Waals surface area contributed by atoms with Crippen LogP contribution in [-0.4, -0.2) is 34.2 Å². The van der Waals surface area contributed by atoms with Crippen molar-refractivity contribution in [2.45, 2.75) is 64.0 Å². The molecule has 2 rings (SSSR count). The molecule has 1 aliphatic rings. The Balaban J connectivity index is 1.99. The lowest BCUT2D eigenvalue weighted by molar-refractivity contribution is -0.137. The molecule has 1 saturated heterocycles. The number of benzene rings is 1. The summed E-state index contributed by atoms with van der Waals surface area (Å²) in [4.78, 5) is 24.7. The molecule has 5 nitrogen and oxygen atoms in total. The molecule has 3 unspecified atom stereocenters. The van der Waals surface area contributed by atoms with Crippen LogP contribution < -0.4 is 4.90 Å². The van der Waals surface area contributed by atoms with Gasteiger partial charge in [0, 0.05) is 30.5 Å². The van der Waals surface area contributed by atoms with Gasteiger partial charge in [-0.15, -0.1) is 0 Å². The van der Waals surface area contributed by atoms with Crippen LogP contribution in [0.3, 0.4) is 0 Å². The molecule has 0 saturated carbocycles. The summed E-state index contributed by atoms with van der Waals surface area (Å²) < 4.78 is 13.2. The average Bonchev–Trinajstić information content (AvgIpc) is 2.88. The van der Waals surface area contributed by atoms with E-state index in [1.54, 1.807) is 24.0 Å². The summed E-state index contributed by atoms with van der Waals surface area (Å²) in [7, 11) is 0. The van der Waals surface area contributed by atoms with Crippen molar-refractivity contribution < 1.29 is 24.2 Å². The number of nitrogens with zero attached hydrogens (tertiary/aromatic N) is 1. The minimum atomic E-state index is -0.780. The molecular formula is C19H26FNO4. The molecule has 0 aliphatic carbocycles. The van der Waals surface area contributed by atoms with Gasteiger partial charge in [0.2, 0.25) is 5.91 Å². The van der Waals surface area contributed by atoms with Crippen molar-refractivity contribution in [3.63, 3.8) is 0 Å². The Morgan fingerprint density at radius 3 is 2.48 bits per heavy atom. The lowest BCUT2D eigenvalue weighted by atomic mass is 9.90. The molecule has 0 aromatic heterocycles. The van der Waals surface area contributed by atoms with Crippen LogP contribution in [0.25, 0.3) is 0 Å². The number of carbonyl (C=O) groups is 2. The van der Waals surface area contributed by atoms with E-state index >= 15 is 0 Å². The summed E-state index contributed by atoms with van der Waals surface area (Å²) in [5.74, 6) is -1.32. The number of aliphatic hydroxyl groups is 1. The molecule has 1 aliphatic heterocycles. The van der Waals surface area contributed by atoms with E-state index in [0.29, 0.717) is 18.5 Å². The van der Waals surface area contributed by atoms with Gasteiger partial charge in [-0.25, -0.2) is 4.39 Å². The van der Waals surface area contributed by atoms with Crippen LogP contribution in [0.5, 0.6) is 0 Å². The molecule has 3 atom stereocenters. The van der Waals surface area contributed by atoms with Crippen molar-refractivity contribution in [2.24, 2.45) is 5.92 Å². The molecule has 0 radical (unpaired) electrons. The second kappa shape index (κ2) is 8.94. The molecule has 1 aromatic rings. The average molecular weight is 351 g/mol. The molecule has 1 aromatic carbocycles. The monoisotopic (exact) mass is 351 g/mol. The maximum atomic E-state index is 13.2. The number of carbonyl (C=O) groups excluding carboxylic acids is 1. The van der Waals surface area contributed by atoms with Gasteiger partial charge in [0.1, 0.15) is 5.82 Å². The smallest absolute Gasteiger partial charge is 0.303 e. The van der Waals surface area contributed by atoms with E-state index in [2.05, 4.69) is 0 Å². The van der Waals surface area contributed by atoms with E-state index in [9.17, 15) is 19.1 Å². The second-order valence-electron chi connectivity index (χ2n) is 6.76. The normalized spacial score (nSPS) is 21.6. The van der Waals surface area contributed by atoms with E-state index in [4.69, 9.17) is 5.11 Å². The van der Waals surface area contributed by atoms with Gasteiger partial charge in [-0.3, -0.25) is 9.59 Å². The highest BCUT2D eigenvalue weighted by atomic mass is 19.1. The SMILES string of the molecule is CC(O)C1CC(=O)N(c2ccc(F)cc2)C1CCCCCCC(=O)O. The van der Waals surface area contributed by atoms with Crippen LogP contribution >= 0.6 is 0 Å². The lowest BCUT2D eigenvalue weighted by Crippen LogP contribution is -2.38. The van der Waals surface area contributed by atoms with Gasteiger partial charge in [0.05, 0.1) is 6.10 Å². The summed E-state index contributed by atoms with van der Waals surface area (Å²) in [5.41, 5.74) is 0.658. The summed E-state index contributed by atoms with van der Waals surface area (Å²) in [6.07, 6.45) is 3.86. The minimum Gasteiger partial charge on any atom is -0.481 e. The first-order valence-electron chi connectivity index (χ1n) is 8.87. The Bertz CT molecular complexity index is 588. The minimum absolute atomic E-state index is 0.0478. The molecule has 2 N–H and O–H groups in total. The number of aliphatic hydroxyl groups excluding tert-OH is 1. The number of hydrogen-bond donors (Lipinski definition) is 2. The van der Waals surface area contributed by atoms with E-state index in [1.807, 2.05) is 0 Å². The highest BCUT2D eigenvalue weighted by molar-refractivity contribution is 5.96. The number of hydrogen-bond acceptors (Lipinski definition) is 3. The van der Waals surface area contributed by atoms with Gasteiger partial charge in [-0.2, -0.15) is 0 Å². The number of carboxylic acid groups (broad SMARTS) is 1. The Morgan fingerprint density at radius 2 is 1.88 bits per heavy atom. The number of amides is 1. The fourth-order valence-electron chi connectivity index (χ4n) is 3.57. The van der Waals surface area contributed by atoms with Crippen molar-refractivity contribution in [2.75, 3.05) is 4.90 Å². The van der Waals surface area contributed by atoms with Gasteiger partial charge in [-0.05, 0) is 44.0 Å². The number of unbranched alkanes of at least 4 members (excludes halogenated alkanes) is 3. The summed E-state index contributed by atoms with van der Waals surface area (Å²) >= 11 is 0. The van der Waals surface area contributed by atoms with Crippen LogP contribution in [0.15, 0.2) is 24.3 Å². The molecular weight excluding hydrogens is 325 g/mol. The first-order valence-corrected chi connectivity index (χ1v) is 8.87.